The summed E-state index contributed by atoms with van der Waals surface area (Å²) in [6, 6.07) is 4.38. The van der Waals surface area contributed by atoms with Gasteiger partial charge < -0.3 is 10.2 Å². The first kappa shape index (κ1) is 12.7. The average molecular weight is 309 g/mol. The van der Waals surface area contributed by atoms with Gasteiger partial charge in [-0.1, -0.05) is 15.9 Å². The maximum absolute atomic E-state index is 12.7. The average Bonchev–Trinajstić information content (AvgIpc) is 2.29. The molecule has 1 aliphatic rings. The van der Waals surface area contributed by atoms with E-state index in [1.165, 1.54) is 12.1 Å². The van der Waals surface area contributed by atoms with Crippen molar-refractivity contribution in [2.45, 2.75) is 6.18 Å². The summed E-state index contributed by atoms with van der Waals surface area (Å²) in [7, 11) is 0. The molecule has 1 N–H and O–H groups in total. The molecule has 0 spiro atoms. The molecule has 1 aromatic rings. The molecule has 94 valence electrons. The monoisotopic (exact) mass is 308 g/mol. The van der Waals surface area contributed by atoms with Gasteiger partial charge in [-0.15, -0.1) is 0 Å². The Labute approximate surface area is 106 Å². The van der Waals surface area contributed by atoms with E-state index < -0.39 is 11.7 Å². The largest absolute Gasteiger partial charge is 0.417 e. The molecule has 0 radical (unpaired) electrons. The van der Waals surface area contributed by atoms with Crippen molar-refractivity contribution in [3.63, 3.8) is 0 Å². The third-order valence-corrected chi connectivity index (χ3v) is 3.43. The van der Waals surface area contributed by atoms with E-state index in [-0.39, 0.29) is 4.47 Å². The lowest BCUT2D eigenvalue weighted by Crippen LogP contribution is -2.43. The predicted octanol–water partition coefficient (Wildman–Crippen LogP) is 2.88. The van der Waals surface area contributed by atoms with E-state index in [9.17, 15) is 13.2 Å². The lowest BCUT2D eigenvalue weighted by Gasteiger charge is -2.30. The van der Waals surface area contributed by atoms with Crippen LogP contribution >= 0.6 is 15.9 Å². The van der Waals surface area contributed by atoms with Gasteiger partial charge in [0.2, 0.25) is 0 Å². The number of rotatable bonds is 1. The fourth-order valence-electron chi connectivity index (χ4n) is 1.85. The summed E-state index contributed by atoms with van der Waals surface area (Å²) in [5, 5.41) is 3.17. The lowest BCUT2D eigenvalue weighted by molar-refractivity contribution is -0.138. The zero-order valence-electron chi connectivity index (χ0n) is 9.02. The number of nitrogens with one attached hydrogen (secondary N) is 1. The number of nitrogens with zero attached hydrogens (tertiary/aromatic N) is 1. The molecule has 0 atom stereocenters. The zero-order valence-corrected chi connectivity index (χ0v) is 10.6. The lowest BCUT2D eigenvalue weighted by atomic mass is 10.1. The minimum Gasteiger partial charge on any atom is -0.369 e. The van der Waals surface area contributed by atoms with Crippen molar-refractivity contribution in [1.29, 1.82) is 0 Å². The fourth-order valence-corrected chi connectivity index (χ4v) is 2.32. The molecule has 0 unspecified atom stereocenters. The van der Waals surface area contributed by atoms with Crippen LogP contribution in [0.3, 0.4) is 0 Å². The van der Waals surface area contributed by atoms with Gasteiger partial charge in [0.05, 0.1) is 5.56 Å². The van der Waals surface area contributed by atoms with Crippen LogP contribution < -0.4 is 10.2 Å². The first-order valence-electron chi connectivity index (χ1n) is 5.31. The van der Waals surface area contributed by atoms with Crippen molar-refractivity contribution in [1.82, 2.24) is 5.32 Å². The van der Waals surface area contributed by atoms with Crippen LogP contribution in [-0.4, -0.2) is 26.2 Å². The van der Waals surface area contributed by atoms with Crippen LogP contribution in [0.15, 0.2) is 22.7 Å². The molecule has 6 heteroatoms. The van der Waals surface area contributed by atoms with Gasteiger partial charge in [0.15, 0.2) is 0 Å². The minimum atomic E-state index is -4.32. The van der Waals surface area contributed by atoms with Crippen LogP contribution in [-0.2, 0) is 6.18 Å². The first-order chi connectivity index (χ1) is 7.98. The van der Waals surface area contributed by atoms with Crippen LogP contribution in [0.2, 0.25) is 0 Å². The van der Waals surface area contributed by atoms with Gasteiger partial charge >= 0.3 is 6.18 Å². The second-order valence-electron chi connectivity index (χ2n) is 3.90. The van der Waals surface area contributed by atoms with Crippen molar-refractivity contribution in [3.8, 4) is 0 Å². The van der Waals surface area contributed by atoms with E-state index in [1.54, 1.807) is 6.07 Å². The Morgan fingerprint density at radius 3 is 2.41 bits per heavy atom. The molecule has 1 heterocycles. The highest BCUT2D eigenvalue weighted by atomic mass is 79.9. The molecule has 2 nitrogen and oxygen atoms in total. The van der Waals surface area contributed by atoms with Crippen molar-refractivity contribution in [2.75, 3.05) is 31.1 Å². The first-order valence-corrected chi connectivity index (χ1v) is 6.10. The van der Waals surface area contributed by atoms with Crippen LogP contribution in [0.5, 0.6) is 0 Å². The van der Waals surface area contributed by atoms with Gasteiger partial charge in [0, 0.05) is 36.3 Å². The SMILES string of the molecule is FC(F)(F)c1cc(N2CCNCC2)ccc1Br. The molecule has 17 heavy (non-hydrogen) atoms. The molecule has 1 fully saturated rings. The number of hydrogen-bond donors (Lipinski definition) is 1. The molecular formula is C11H12BrF3N2. The van der Waals surface area contributed by atoms with E-state index in [0.29, 0.717) is 5.69 Å². The summed E-state index contributed by atoms with van der Waals surface area (Å²) < 4.78 is 38.3. The van der Waals surface area contributed by atoms with Crippen LogP contribution in [0.1, 0.15) is 5.56 Å². The van der Waals surface area contributed by atoms with Crippen molar-refractivity contribution in [2.24, 2.45) is 0 Å². The Balaban J connectivity index is 2.30. The number of halogens is 4. The zero-order chi connectivity index (χ0) is 12.5. The van der Waals surface area contributed by atoms with Crippen LogP contribution in [0, 0.1) is 0 Å². The van der Waals surface area contributed by atoms with E-state index in [2.05, 4.69) is 21.2 Å². The molecule has 0 saturated carbocycles. The molecule has 1 saturated heterocycles. The fraction of sp³-hybridized carbons (Fsp3) is 0.455. The standard InChI is InChI=1S/C11H12BrF3N2/c12-10-2-1-8(7-9(10)11(13,14)15)17-5-3-16-4-6-17/h1-2,7,16H,3-6H2. The molecule has 1 aromatic carbocycles. The summed E-state index contributed by atoms with van der Waals surface area (Å²) in [5.74, 6) is 0. The smallest absolute Gasteiger partial charge is 0.369 e. The summed E-state index contributed by atoms with van der Waals surface area (Å²) >= 11 is 2.94. The van der Waals surface area contributed by atoms with E-state index in [4.69, 9.17) is 0 Å². The van der Waals surface area contributed by atoms with E-state index >= 15 is 0 Å². The van der Waals surface area contributed by atoms with Crippen molar-refractivity contribution >= 4 is 21.6 Å². The van der Waals surface area contributed by atoms with Gasteiger partial charge in [0.1, 0.15) is 0 Å². The highest BCUT2D eigenvalue weighted by Gasteiger charge is 2.33. The quantitative estimate of drug-likeness (QED) is 0.858. The number of benzene rings is 1. The third-order valence-electron chi connectivity index (χ3n) is 2.74. The van der Waals surface area contributed by atoms with Crippen LogP contribution in [0.25, 0.3) is 0 Å². The summed E-state index contributed by atoms with van der Waals surface area (Å²) in [4.78, 5) is 1.96. The second kappa shape index (κ2) is 4.86. The maximum Gasteiger partial charge on any atom is 0.417 e. The molecule has 0 amide bonds. The van der Waals surface area contributed by atoms with Gasteiger partial charge in [-0.05, 0) is 18.2 Å². The molecule has 1 aliphatic heterocycles. The van der Waals surface area contributed by atoms with Crippen molar-refractivity contribution in [3.05, 3.63) is 28.2 Å². The minimum absolute atomic E-state index is 0.0869. The Morgan fingerprint density at radius 2 is 1.82 bits per heavy atom. The van der Waals surface area contributed by atoms with E-state index in [1.807, 2.05) is 4.90 Å². The predicted molar refractivity (Wildman–Crippen MR) is 64.2 cm³/mol. The van der Waals surface area contributed by atoms with E-state index in [0.717, 1.165) is 26.2 Å². The molecule has 2 rings (SSSR count). The number of piperazine rings is 1. The maximum atomic E-state index is 12.7. The summed E-state index contributed by atoms with van der Waals surface area (Å²) in [6.45, 7) is 3.08. The van der Waals surface area contributed by atoms with Crippen molar-refractivity contribution < 1.29 is 13.2 Å². The summed E-state index contributed by atoms with van der Waals surface area (Å²) in [6.07, 6.45) is -4.32. The Bertz CT molecular complexity index is 400. The third kappa shape index (κ3) is 2.93. The molecule has 0 bridgehead atoms. The number of hydrogen-bond acceptors (Lipinski definition) is 2. The Hall–Kier alpha value is -0.750. The molecule has 0 aromatic heterocycles. The summed E-state index contributed by atoms with van der Waals surface area (Å²) in [5.41, 5.74) is 0.00978. The van der Waals surface area contributed by atoms with Gasteiger partial charge in [-0.3, -0.25) is 0 Å². The van der Waals surface area contributed by atoms with Gasteiger partial charge in [0.25, 0.3) is 0 Å². The molecule has 0 aliphatic carbocycles. The highest BCUT2D eigenvalue weighted by Crippen LogP contribution is 2.37. The molecular weight excluding hydrogens is 297 g/mol. The number of anilines is 1. The van der Waals surface area contributed by atoms with Gasteiger partial charge in [-0.2, -0.15) is 13.2 Å². The topological polar surface area (TPSA) is 15.3 Å². The highest BCUT2D eigenvalue weighted by molar-refractivity contribution is 9.10. The Morgan fingerprint density at radius 1 is 1.18 bits per heavy atom. The normalized spacial score (nSPS) is 17.3. The van der Waals surface area contributed by atoms with Gasteiger partial charge in [-0.25, -0.2) is 0 Å². The second-order valence-corrected chi connectivity index (χ2v) is 4.75. The Kier molecular flexibility index (Phi) is 3.63. The van der Waals surface area contributed by atoms with Crippen LogP contribution in [0.4, 0.5) is 18.9 Å². The number of alkyl halides is 3.